The van der Waals surface area contributed by atoms with Gasteiger partial charge in [-0.2, -0.15) is 5.26 Å². The Labute approximate surface area is 87.0 Å². The molecular weight excluding hydrogens is 196 g/mol. The van der Waals surface area contributed by atoms with Crippen molar-refractivity contribution in [2.24, 2.45) is 5.73 Å². The number of aryl methyl sites for hydroxylation is 1. The molecule has 0 heterocycles. The maximum atomic E-state index is 10.7. The van der Waals surface area contributed by atoms with Crippen LogP contribution in [0.25, 0.3) is 0 Å². The van der Waals surface area contributed by atoms with Crippen LogP contribution in [0.5, 0.6) is 0 Å². The van der Waals surface area contributed by atoms with E-state index in [1.165, 1.54) is 0 Å². The Bertz CT molecular complexity index is 371. The van der Waals surface area contributed by atoms with Crippen molar-refractivity contribution in [2.45, 2.75) is 17.7 Å². The number of benzene rings is 1. The highest BCUT2D eigenvalue weighted by Crippen LogP contribution is 2.12. The molecule has 0 radical (unpaired) electrons. The first kappa shape index (κ1) is 10.8. The Morgan fingerprint density at radius 2 is 2.29 bits per heavy atom. The molecule has 0 spiro atoms. The summed E-state index contributed by atoms with van der Waals surface area (Å²) in [7, 11) is 0. The lowest BCUT2D eigenvalue weighted by Gasteiger charge is -1.97. The third-order valence-electron chi connectivity index (χ3n) is 1.93. The van der Waals surface area contributed by atoms with Gasteiger partial charge in [-0.3, -0.25) is 0 Å². The summed E-state index contributed by atoms with van der Waals surface area (Å²) < 4.78 is 10.7. The zero-order chi connectivity index (χ0) is 10.4. The van der Waals surface area contributed by atoms with Gasteiger partial charge in [0.1, 0.15) is 11.6 Å². The van der Waals surface area contributed by atoms with Crippen molar-refractivity contribution >= 4 is 11.7 Å². The van der Waals surface area contributed by atoms with Crippen molar-refractivity contribution in [2.75, 3.05) is 6.54 Å². The van der Waals surface area contributed by atoms with E-state index >= 15 is 0 Å². The third kappa shape index (κ3) is 2.59. The molecule has 3 nitrogen and oxygen atoms in total. The van der Waals surface area contributed by atoms with E-state index in [-0.39, 0.29) is 0 Å². The van der Waals surface area contributed by atoms with Crippen LogP contribution >= 0.6 is 0 Å². The first-order chi connectivity index (χ1) is 6.81. The fraction of sp³-hybridized carbons (Fsp3) is 0.300. The van der Waals surface area contributed by atoms with E-state index in [0.29, 0.717) is 28.7 Å². The molecule has 72 valence electrons. The molecule has 0 unspecified atom stereocenters. The van der Waals surface area contributed by atoms with Gasteiger partial charge in [0.2, 0.25) is 0 Å². The van der Waals surface area contributed by atoms with Gasteiger partial charge >= 0.3 is 16.6 Å². The Morgan fingerprint density at radius 3 is 2.86 bits per heavy atom. The molecule has 0 saturated heterocycles. The van der Waals surface area contributed by atoms with Gasteiger partial charge < -0.3 is 5.73 Å². The predicted molar refractivity (Wildman–Crippen MR) is 54.8 cm³/mol. The molecule has 2 N–H and O–H groups in total. The van der Waals surface area contributed by atoms with Crippen LogP contribution in [0.15, 0.2) is 23.1 Å². The predicted octanol–water partition coefficient (Wildman–Crippen LogP) is 1.24. The Hall–Kier alpha value is -1.31. The van der Waals surface area contributed by atoms with Crippen molar-refractivity contribution in [1.82, 2.24) is 0 Å². The fourth-order valence-corrected chi connectivity index (χ4v) is 1.59. The maximum Gasteiger partial charge on any atom is 0.506 e. The first-order valence-electron chi connectivity index (χ1n) is 4.34. The molecule has 0 aliphatic heterocycles. The quantitative estimate of drug-likeness (QED) is 0.755. The molecule has 0 aliphatic carbocycles. The normalized spacial score (nSPS) is 9.43. The average Bonchev–Trinajstić information content (AvgIpc) is 2.25. The largest absolute Gasteiger partial charge is 0.506 e. The summed E-state index contributed by atoms with van der Waals surface area (Å²) in [5, 5.41) is 8.69. The molecule has 14 heavy (non-hydrogen) atoms. The fourth-order valence-electron chi connectivity index (χ4n) is 1.19. The average molecular weight is 207 g/mol. The van der Waals surface area contributed by atoms with E-state index in [0.717, 1.165) is 18.4 Å². The highest BCUT2D eigenvalue weighted by atomic mass is 32.1. The van der Waals surface area contributed by atoms with Crippen LogP contribution in [0.4, 0.5) is 0 Å². The summed E-state index contributed by atoms with van der Waals surface area (Å²) in [5.41, 5.74) is 6.89. The third-order valence-corrected chi connectivity index (χ3v) is 2.44. The van der Waals surface area contributed by atoms with Gasteiger partial charge in [0.25, 0.3) is 0 Å². The summed E-state index contributed by atoms with van der Waals surface area (Å²) in [5.74, 6) is 0. The molecular formula is C10H11N2OS+. The minimum Gasteiger partial charge on any atom is -0.330 e. The van der Waals surface area contributed by atoms with Crippen LogP contribution in [0.3, 0.4) is 0 Å². The Morgan fingerprint density at radius 1 is 1.50 bits per heavy atom. The molecule has 0 saturated carbocycles. The van der Waals surface area contributed by atoms with E-state index in [1.807, 2.05) is 12.1 Å². The van der Waals surface area contributed by atoms with Crippen molar-refractivity contribution in [3.63, 3.8) is 0 Å². The SMILES string of the molecule is N#Cc1ccc(CCCN)cc1[S+]=O. The number of hydrogen-bond acceptors (Lipinski definition) is 3. The van der Waals surface area contributed by atoms with Gasteiger partial charge in [-0.15, -0.1) is 0 Å². The molecule has 0 atom stereocenters. The van der Waals surface area contributed by atoms with Crippen LogP contribution in [-0.2, 0) is 22.3 Å². The molecule has 1 rings (SSSR count). The summed E-state index contributed by atoms with van der Waals surface area (Å²) in [4.78, 5) is 0.502. The monoisotopic (exact) mass is 207 g/mol. The summed E-state index contributed by atoms with van der Waals surface area (Å²) in [6.45, 7) is 0.639. The number of nitrogens with two attached hydrogens (primary N) is 1. The highest BCUT2D eigenvalue weighted by Gasteiger charge is 2.14. The van der Waals surface area contributed by atoms with Gasteiger partial charge in [-0.25, -0.2) is 0 Å². The van der Waals surface area contributed by atoms with Crippen LogP contribution in [-0.4, -0.2) is 6.54 Å². The van der Waals surface area contributed by atoms with Gasteiger partial charge in [0, 0.05) is 10.3 Å². The van der Waals surface area contributed by atoms with E-state index in [2.05, 4.69) is 0 Å². The lowest BCUT2D eigenvalue weighted by Crippen LogP contribution is -2.00. The number of rotatable bonds is 4. The second-order valence-corrected chi connectivity index (χ2v) is 3.52. The molecule has 1 aromatic carbocycles. The zero-order valence-corrected chi connectivity index (χ0v) is 8.51. The van der Waals surface area contributed by atoms with Gasteiger partial charge in [0.05, 0.1) is 0 Å². The van der Waals surface area contributed by atoms with Crippen LogP contribution in [0.1, 0.15) is 17.5 Å². The molecule has 4 heteroatoms. The highest BCUT2D eigenvalue weighted by molar-refractivity contribution is 7.65. The molecule has 0 aromatic heterocycles. The van der Waals surface area contributed by atoms with Crippen LogP contribution in [0.2, 0.25) is 0 Å². The lowest BCUT2D eigenvalue weighted by atomic mass is 10.1. The van der Waals surface area contributed by atoms with Gasteiger partial charge in [-0.1, -0.05) is 6.07 Å². The molecule has 0 amide bonds. The standard InChI is InChI=1S/C10H11N2OS/c11-5-1-2-8-3-4-9(7-12)10(6-8)14-13/h3-4,6H,1-2,5,11H2/q+1. The van der Waals surface area contributed by atoms with Crippen molar-refractivity contribution in [3.8, 4) is 6.07 Å². The van der Waals surface area contributed by atoms with Crippen LogP contribution < -0.4 is 5.73 Å². The van der Waals surface area contributed by atoms with Crippen molar-refractivity contribution < 1.29 is 4.21 Å². The topological polar surface area (TPSA) is 66.9 Å². The summed E-state index contributed by atoms with van der Waals surface area (Å²) >= 11 is 0.364. The van der Waals surface area contributed by atoms with Crippen molar-refractivity contribution in [1.29, 1.82) is 5.26 Å². The Kier molecular flexibility index (Phi) is 4.17. The summed E-state index contributed by atoms with van der Waals surface area (Å²) in [6, 6.07) is 7.31. The molecule has 0 fully saturated rings. The second-order valence-electron chi connectivity index (χ2n) is 2.92. The van der Waals surface area contributed by atoms with E-state index in [9.17, 15) is 4.21 Å². The van der Waals surface area contributed by atoms with E-state index < -0.39 is 0 Å². The zero-order valence-electron chi connectivity index (χ0n) is 7.69. The molecule has 0 aliphatic rings. The van der Waals surface area contributed by atoms with E-state index in [4.69, 9.17) is 11.0 Å². The number of nitriles is 1. The lowest BCUT2D eigenvalue weighted by molar-refractivity contribution is 0.604. The van der Waals surface area contributed by atoms with Gasteiger partial charge in [-0.05, 0) is 31.0 Å². The minimum absolute atomic E-state index is 0.364. The van der Waals surface area contributed by atoms with Crippen molar-refractivity contribution in [3.05, 3.63) is 29.3 Å². The van der Waals surface area contributed by atoms with Gasteiger partial charge in [0.15, 0.2) is 0 Å². The molecule has 1 aromatic rings. The smallest absolute Gasteiger partial charge is 0.330 e. The molecule has 0 bridgehead atoms. The van der Waals surface area contributed by atoms with Crippen LogP contribution in [0, 0.1) is 11.3 Å². The second kappa shape index (κ2) is 5.43. The number of hydrogen-bond donors (Lipinski definition) is 1. The number of nitrogens with zero attached hydrogens (tertiary/aromatic N) is 1. The maximum absolute atomic E-state index is 10.7. The van der Waals surface area contributed by atoms with E-state index in [1.54, 1.807) is 12.1 Å². The summed E-state index contributed by atoms with van der Waals surface area (Å²) in [6.07, 6.45) is 1.75. The minimum atomic E-state index is 0.364. The Balaban J connectivity index is 2.91. The first-order valence-corrected chi connectivity index (χ1v) is 5.09.